The van der Waals surface area contributed by atoms with Crippen molar-refractivity contribution in [1.29, 1.82) is 0 Å². The normalized spacial score (nSPS) is 21.5. The fourth-order valence-electron chi connectivity index (χ4n) is 6.84. The third-order valence-corrected chi connectivity index (χ3v) is 10.1. The minimum Gasteiger partial charge on any atom is -0.493 e. The molecule has 2 aliphatic rings. The molecule has 11 heteroatoms. The van der Waals surface area contributed by atoms with Crippen LogP contribution in [0.25, 0.3) is 0 Å². The van der Waals surface area contributed by atoms with E-state index in [2.05, 4.69) is 13.8 Å². The topological polar surface area (TPSA) is 124 Å². The van der Waals surface area contributed by atoms with Crippen LogP contribution in [0, 0.1) is 11.8 Å². The van der Waals surface area contributed by atoms with Crippen molar-refractivity contribution >= 4 is 0 Å². The molecular formula is C41H48O11. The van der Waals surface area contributed by atoms with Gasteiger partial charge in [-0.3, -0.25) is 0 Å². The van der Waals surface area contributed by atoms with Crippen LogP contribution in [-0.2, 0) is 4.74 Å². The van der Waals surface area contributed by atoms with Gasteiger partial charge in [0, 0.05) is 0 Å². The molecule has 1 saturated heterocycles. The lowest BCUT2D eigenvalue weighted by Gasteiger charge is -2.24. The maximum Gasteiger partial charge on any atom is 0.231 e. The summed E-state index contributed by atoms with van der Waals surface area (Å²) in [4.78, 5) is 0. The molecule has 6 rings (SSSR count). The van der Waals surface area contributed by atoms with Crippen molar-refractivity contribution in [2.24, 2.45) is 11.8 Å². The highest BCUT2D eigenvalue weighted by Crippen LogP contribution is 2.51. The lowest BCUT2D eigenvalue weighted by atomic mass is 9.85. The van der Waals surface area contributed by atoms with Gasteiger partial charge in [0.2, 0.25) is 6.79 Å². The van der Waals surface area contributed by atoms with E-state index in [1.165, 1.54) is 0 Å². The van der Waals surface area contributed by atoms with E-state index in [-0.39, 0.29) is 30.8 Å². The number of ether oxygens (including phenoxy) is 9. The van der Waals surface area contributed by atoms with Crippen LogP contribution in [0.4, 0.5) is 0 Å². The highest BCUT2D eigenvalue weighted by atomic mass is 16.7. The van der Waals surface area contributed by atoms with Gasteiger partial charge >= 0.3 is 0 Å². The Hall–Kier alpha value is -4.84. The van der Waals surface area contributed by atoms with Crippen LogP contribution < -0.4 is 37.9 Å². The molecule has 0 saturated carbocycles. The van der Waals surface area contributed by atoms with Gasteiger partial charge < -0.3 is 52.8 Å². The monoisotopic (exact) mass is 716 g/mol. The van der Waals surface area contributed by atoms with Crippen molar-refractivity contribution in [1.82, 2.24) is 0 Å². The molecule has 2 aliphatic heterocycles. The first kappa shape index (κ1) is 36.9. The van der Waals surface area contributed by atoms with Crippen molar-refractivity contribution in [2.45, 2.75) is 64.3 Å². The molecule has 4 aromatic rings. The first-order valence-corrected chi connectivity index (χ1v) is 17.4. The van der Waals surface area contributed by atoms with E-state index in [1.54, 1.807) is 71.8 Å². The minimum absolute atomic E-state index is 0.164. The second kappa shape index (κ2) is 15.8. The van der Waals surface area contributed by atoms with Crippen molar-refractivity contribution in [3.63, 3.8) is 0 Å². The summed E-state index contributed by atoms with van der Waals surface area (Å²) in [5.74, 6) is 4.80. The highest BCUT2D eigenvalue weighted by Gasteiger charge is 2.41. The molecular weight excluding hydrogens is 668 g/mol. The Bertz CT molecular complexity index is 1840. The molecule has 0 unspecified atom stereocenters. The van der Waals surface area contributed by atoms with Crippen LogP contribution in [0.15, 0.2) is 72.8 Å². The standard InChI is InChI=1S/C41H48O11/c1-22-23(2)41(29-12-16-33(36(20-29)47-8)51-25(4)39(43)27-10-14-31-37(18-27)49-21-48-31)52-40(22)28-11-15-32(35(19-28)46-7)50-24(3)38(42)26-9-13-30(44-5)34(17-26)45-6/h9-20,22-25,38-43H,21H2,1-8H3/t22-,23+,24-,25+,38+,39-,40+,41-/m0/s1. The zero-order chi connectivity index (χ0) is 37.1. The van der Waals surface area contributed by atoms with Gasteiger partial charge in [-0.2, -0.15) is 0 Å². The van der Waals surface area contributed by atoms with Gasteiger partial charge in [0.25, 0.3) is 0 Å². The average molecular weight is 717 g/mol. The Morgan fingerprint density at radius 1 is 0.538 bits per heavy atom. The first-order chi connectivity index (χ1) is 25.1. The summed E-state index contributed by atoms with van der Waals surface area (Å²) in [7, 11) is 6.31. The van der Waals surface area contributed by atoms with E-state index < -0.39 is 24.4 Å². The molecule has 0 radical (unpaired) electrons. The zero-order valence-corrected chi connectivity index (χ0v) is 30.8. The van der Waals surface area contributed by atoms with Gasteiger partial charge in [0.1, 0.15) is 24.4 Å². The molecule has 2 heterocycles. The van der Waals surface area contributed by atoms with Crippen molar-refractivity contribution in [3.8, 4) is 46.0 Å². The summed E-state index contributed by atoms with van der Waals surface area (Å²) in [6, 6.07) is 22.2. The van der Waals surface area contributed by atoms with Crippen molar-refractivity contribution < 1.29 is 52.8 Å². The largest absolute Gasteiger partial charge is 0.493 e. The minimum atomic E-state index is -0.930. The number of aliphatic hydroxyl groups is 2. The molecule has 0 spiro atoms. The van der Waals surface area contributed by atoms with Gasteiger partial charge in [-0.15, -0.1) is 0 Å². The third-order valence-electron chi connectivity index (χ3n) is 10.1. The van der Waals surface area contributed by atoms with Crippen LogP contribution in [-0.4, -0.2) is 57.7 Å². The quantitative estimate of drug-likeness (QED) is 0.135. The average Bonchev–Trinajstić information content (AvgIpc) is 3.77. The molecule has 278 valence electrons. The Morgan fingerprint density at radius 3 is 1.50 bits per heavy atom. The van der Waals surface area contributed by atoms with Crippen LogP contribution in [0.1, 0.15) is 74.4 Å². The molecule has 11 nitrogen and oxygen atoms in total. The van der Waals surface area contributed by atoms with Gasteiger partial charge in [-0.1, -0.05) is 38.1 Å². The summed E-state index contributed by atoms with van der Waals surface area (Å²) in [6.45, 7) is 8.14. The molecule has 0 aromatic heterocycles. The smallest absolute Gasteiger partial charge is 0.231 e. The SMILES string of the molecule is COc1ccc([C@H](O)[C@H](C)Oc2ccc([C@@H]3O[C@H](c4ccc(O[C@H](C)[C@H](O)c5ccc6c(c5)OCO6)c(OC)c4)[C@H](C)[C@@H]3C)cc2OC)cc1OC. The van der Waals surface area contributed by atoms with Crippen LogP contribution in [0.2, 0.25) is 0 Å². The van der Waals surface area contributed by atoms with Gasteiger partial charge in [0.15, 0.2) is 46.0 Å². The van der Waals surface area contributed by atoms with E-state index in [1.807, 2.05) is 43.3 Å². The first-order valence-electron chi connectivity index (χ1n) is 17.4. The predicted molar refractivity (Wildman–Crippen MR) is 193 cm³/mol. The molecule has 4 aromatic carbocycles. The summed E-state index contributed by atoms with van der Waals surface area (Å²) >= 11 is 0. The van der Waals surface area contributed by atoms with E-state index in [0.29, 0.717) is 57.1 Å². The Balaban J connectivity index is 1.14. The molecule has 0 bridgehead atoms. The zero-order valence-electron chi connectivity index (χ0n) is 30.8. The molecule has 0 aliphatic carbocycles. The molecule has 8 atom stereocenters. The Morgan fingerprint density at radius 2 is 0.981 bits per heavy atom. The maximum atomic E-state index is 11.1. The number of methoxy groups -OCH3 is 4. The molecule has 0 amide bonds. The molecule has 52 heavy (non-hydrogen) atoms. The number of hydrogen-bond acceptors (Lipinski definition) is 11. The van der Waals surface area contributed by atoms with E-state index in [0.717, 1.165) is 11.1 Å². The number of fused-ring (bicyclic) bond motifs is 1. The van der Waals surface area contributed by atoms with E-state index >= 15 is 0 Å². The van der Waals surface area contributed by atoms with Crippen molar-refractivity contribution in [3.05, 3.63) is 95.1 Å². The lowest BCUT2D eigenvalue weighted by Crippen LogP contribution is -2.22. The second-order valence-electron chi connectivity index (χ2n) is 13.3. The number of aliphatic hydroxyl groups excluding tert-OH is 2. The van der Waals surface area contributed by atoms with Crippen LogP contribution in [0.3, 0.4) is 0 Å². The highest BCUT2D eigenvalue weighted by molar-refractivity contribution is 5.48. The van der Waals surface area contributed by atoms with Crippen molar-refractivity contribution in [2.75, 3.05) is 35.2 Å². The number of benzene rings is 4. The number of hydrogen-bond donors (Lipinski definition) is 2. The fourth-order valence-corrected chi connectivity index (χ4v) is 6.84. The summed E-state index contributed by atoms with van der Waals surface area (Å²) < 4.78 is 52.3. The fraction of sp³-hybridized carbons (Fsp3) is 0.415. The lowest BCUT2D eigenvalue weighted by molar-refractivity contribution is 0.0281. The molecule has 1 fully saturated rings. The van der Waals surface area contributed by atoms with Gasteiger partial charge in [0.05, 0.1) is 40.6 Å². The summed E-state index contributed by atoms with van der Waals surface area (Å²) in [6.07, 6.45) is -3.43. The van der Waals surface area contributed by atoms with Crippen LogP contribution in [0.5, 0.6) is 46.0 Å². The molecule has 2 N–H and O–H groups in total. The summed E-state index contributed by atoms with van der Waals surface area (Å²) in [5, 5.41) is 22.2. The van der Waals surface area contributed by atoms with Gasteiger partial charge in [-0.05, 0) is 96.5 Å². The Labute approximate surface area is 304 Å². The Kier molecular flexibility index (Phi) is 11.2. The second-order valence-corrected chi connectivity index (χ2v) is 13.3. The van der Waals surface area contributed by atoms with Crippen LogP contribution >= 0.6 is 0 Å². The third kappa shape index (κ3) is 7.39. The van der Waals surface area contributed by atoms with E-state index in [9.17, 15) is 10.2 Å². The maximum absolute atomic E-state index is 11.1. The van der Waals surface area contributed by atoms with E-state index in [4.69, 9.17) is 42.6 Å². The summed E-state index contributed by atoms with van der Waals surface area (Å²) in [5.41, 5.74) is 3.22. The predicted octanol–water partition coefficient (Wildman–Crippen LogP) is 7.54. The van der Waals surface area contributed by atoms with Gasteiger partial charge in [-0.25, -0.2) is 0 Å². The number of rotatable bonds is 14.